The molecule has 22 heavy (non-hydrogen) atoms. The molecule has 0 spiro atoms. The predicted octanol–water partition coefficient (Wildman–Crippen LogP) is 1.77. The lowest BCUT2D eigenvalue weighted by Crippen LogP contribution is -2.52. The molecule has 2 amide bonds. The Morgan fingerprint density at radius 3 is 2.41 bits per heavy atom. The van der Waals surface area contributed by atoms with Crippen molar-refractivity contribution in [2.24, 2.45) is 11.8 Å². The lowest BCUT2D eigenvalue weighted by molar-refractivity contribution is -0.128. The van der Waals surface area contributed by atoms with Crippen molar-refractivity contribution in [1.82, 2.24) is 15.5 Å². The summed E-state index contributed by atoms with van der Waals surface area (Å²) in [5, 5.41) is 6.03. The van der Waals surface area contributed by atoms with Gasteiger partial charge >= 0.3 is 0 Å². The van der Waals surface area contributed by atoms with Crippen LogP contribution >= 0.6 is 0 Å². The van der Waals surface area contributed by atoms with E-state index >= 15 is 0 Å². The van der Waals surface area contributed by atoms with E-state index in [0.29, 0.717) is 11.8 Å². The van der Waals surface area contributed by atoms with Gasteiger partial charge in [0.2, 0.25) is 11.8 Å². The van der Waals surface area contributed by atoms with Crippen LogP contribution in [0.15, 0.2) is 0 Å². The van der Waals surface area contributed by atoms with Crippen LogP contribution in [0.25, 0.3) is 0 Å². The number of rotatable bonds is 6. The van der Waals surface area contributed by atoms with E-state index in [1.54, 1.807) is 4.90 Å². The first-order valence-electron chi connectivity index (χ1n) is 8.52. The zero-order valence-electron chi connectivity index (χ0n) is 15.0. The molecule has 1 aliphatic carbocycles. The van der Waals surface area contributed by atoms with Gasteiger partial charge in [-0.2, -0.15) is 0 Å². The molecule has 0 radical (unpaired) electrons. The quantitative estimate of drug-likeness (QED) is 0.786. The fourth-order valence-electron chi connectivity index (χ4n) is 3.02. The van der Waals surface area contributed by atoms with Crippen molar-refractivity contribution in [3.8, 4) is 0 Å². The molecule has 5 heteroatoms. The van der Waals surface area contributed by atoms with Gasteiger partial charge in [-0.15, -0.1) is 0 Å². The maximum absolute atomic E-state index is 12.4. The van der Waals surface area contributed by atoms with Gasteiger partial charge in [0.25, 0.3) is 0 Å². The molecule has 1 rings (SSSR count). The third-order valence-electron chi connectivity index (χ3n) is 4.92. The maximum Gasteiger partial charge on any atom is 0.237 e. The minimum atomic E-state index is -0.303. The molecule has 0 heterocycles. The third kappa shape index (κ3) is 5.59. The van der Waals surface area contributed by atoms with Crippen molar-refractivity contribution in [2.45, 2.75) is 72.0 Å². The van der Waals surface area contributed by atoms with E-state index in [9.17, 15) is 9.59 Å². The number of likely N-dealkylation sites (N-methyl/N-ethyl adjacent to an activating group) is 1. The van der Waals surface area contributed by atoms with Crippen molar-refractivity contribution < 1.29 is 9.59 Å². The summed E-state index contributed by atoms with van der Waals surface area (Å²) in [4.78, 5) is 26.0. The van der Waals surface area contributed by atoms with Crippen LogP contribution in [-0.4, -0.2) is 48.4 Å². The molecule has 1 fully saturated rings. The number of nitrogens with zero attached hydrogens (tertiary/aromatic N) is 1. The molecular weight excluding hydrogens is 278 g/mol. The van der Waals surface area contributed by atoms with Gasteiger partial charge in [0.05, 0.1) is 12.6 Å². The lowest BCUT2D eigenvalue weighted by atomic mass is 9.78. The molecule has 0 aliphatic heterocycles. The van der Waals surface area contributed by atoms with Gasteiger partial charge in [-0.1, -0.05) is 26.7 Å². The Morgan fingerprint density at radius 1 is 1.18 bits per heavy atom. The maximum atomic E-state index is 12.4. The average molecular weight is 311 g/mol. The molecule has 2 N–H and O–H groups in total. The fourth-order valence-corrected chi connectivity index (χ4v) is 3.02. The highest BCUT2D eigenvalue weighted by molar-refractivity contribution is 5.83. The van der Waals surface area contributed by atoms with E-state index in [-0.39, 0.29) is 36.5 Å². The molecule has 0 aromatic rings. The molecule has 1 aliphatic rings. The third-order valence-corrected chi connectivity index (χ3v) is 4.92. The van der Waals surface area contributed by atoms with Gasteiger partial charge in [0.1, 0.15) is 0 Å². The number of hydrogen-bond acceptors (Lipinski definition) is 3. The van der Waals surface area contributed by atoms with E-state index in [4.69, 9.17) is 0 Å². The Hall–Kier alpha value is -1.10. The van der Waals surface area contributed by atoms with E-state index in [2.05, 4.69) is 24.5 Å². The topological polar surface area (TPSA) is 61.4 Å². The van der Waals surface area contributed by atoms with Gasteiger partial charge in [-0.25, -0.2) is 0 Å². The molecule has 4 atom stereocenters. The van der Waals surface area contributed by atoms with Crippen LogP contribution in [0.2, 0.25) is 0 Å². The number of amides is 2. The number of hydrogen-bond donors (Lipinski definition) is 2. The number of carbonyl (C=O) groups is 2. The minimum Gasteiger partial charge on any atom is -0.353 e. The van der Waals surface area contributed by atoms with E-state index < -0.39 is 0 Å². The molecule has 0 aromatic carbocycles. The second-order valence-corrected chi connectivity index (χ2v) is 7.20. The molecule has 128 valence electrons. The normalized spacial score (nSPS) is 26.8. The van der Waals surface area contributed by atoms with Crippen LogP contribution < -0.4 is 10.6 Å². The number of nitrogens with one attached hydrogen (secondary N) is 2. The first-order valence-corrected chi connectivity index (χ1v) is 8.52. The van der Waals surface area contributed by atoms with Crippen LogP contribution in [0.4, 0.5) is 0 Å². The van der Waals surface area contributed by atoms with Crippen molar-refractivity contribution >= 4 is 11.8 Å². The molecule has 1 saturated carbocycles. The minimum absolute atomic E-state index is 0.0193. The van der Waals surface area contributed by atoms with Gasteiger partial charge in [-0.3, -0.25) is 14.5 Å². The molecule has 0 bridgehead atoms. The molecule has 0 unspecified atom stereocenters. The summed E-state index contributed by atoms with van der Waals surface area (Å²) < 4.78 is 0. The Kier molecular flexibility index (Phi) is 7.33. The summed E-state index contributed by atoms with van der Waals surface area (Å²) >= 11 is 0. The molecular formula is C17H33N3O2. The van der Waals surface area contributed by atoms with E-state index in [0.717, 1.165) is 6.42 Å². The highest BCUT2D eigenvalue weighted by atomic mass is 16.2. The molecule has 5 nitrogen and oxygen atoms in total. The van der Waals surface area contributed by atoms with Crippen LogP contribution in [0.1, 0.15) is 53.9 Å². The summed E-state index contributed by atoms with van der Waals surface area (Å²) in [7, 11) is 1.82. The van der Waals surface area contributed by atoms with Gasteiger partial charge in [0.15, 0.2) is 0 Å². The van der Waals surface area contributed by atoms with Crippen LogP contribution in [0, 0.1) is 11.8 Å². The first-order chi connectivity index (χ1) is 10.2. The van der Waals surface area contributed by atoms with Crippen LogP contribution in [-0.2, 0) is 9.59 Å². The van der Waals surface area contributed by atoms with E-state index in [1.165, 1.54) is 12.8 Å². The Labute approximate surface area is 135 Å². The Morgan fingerprint density at radius 2 is 1.82 bits per heavy atom. The van der Waals surface area contributed by atoms with Crippen molar-refractivity contribution in [3.05, 3.63) is 0 Å². The average Bonchev–Trinajstić information content (AvgIpc) is 2.41. The molecule has 0 saturated heterocycles. The van der Waals surface area contributed by atoms with E-state index in [1.807, 2.05) is 27.8 Å². The van der Waals surface area contributed by atoms with Crippen LogP contribution in [0.3, 0.4) is 0 Å². The summed E-state index contributed by atoms with van der Waals surface area (Å²) in [6, 6.07) is 0.0774. The van der Waals surface area contributed by atoms with Crippen molar-refractivity contribution in [2.75, 3.05) is 13.6 Å². The zero-order valence-corrected chi connectivity index (χ0v) is 15.0. The van der Waals surface area contributed by atoms with Gasteiger partial charge < -0.3 is 10.6 Å². The second kappa shape index (κ2) is 8.51. The highest BCUT2D eigenvalue weighted by Gasteiger charge is 2.30. The summed E-state index contributed by atoms with van der Waals surface area (Å²) in [5.41, 5.74) is 0. The Bertz CT molecular complexity index is 384. The van der Waals surface area contributed by atoms with Gasteiger partial charge in [0, 0.05) is 12.1 Å². The largest absolute Gasteiger partial charge is 0.353 e. The standard InChI is InChI=1S/C17H33N3O2/c1-11(2)18-16(21)10-20(6)14(5)17(22)19-15-9-7-8-12(3)13(15)4/h11-15H,7-10H2,1-6H3,(H,18,21)(H,19,22)/t12-,13+,14+,15+/m0/s1. The van der Waals surface area contributed by atoms with Crippen LogP contribution in [0.5, 0.6) is 0 Å². The fraction of sp³-hybridized carbons (Fsp3) is 0.882. The SMILES string of the molecule is CC(C)NC(=O)CN(C)[C@H](C)C(=O)N[C@@H]1CCC[C@H](C)[C@H]1C. The highest BCUT2D eigenvalue weighted by Crippen LogP contribution is 2.29. The number of carbonyl (C=O) groups excluding carboxylic acids is 2. The summed E-state index contributed by atoms with van der Waals surface area (Å²) in [5.74, 6) is 1.14. The summed E-state index contributed by atoms with van der Waals surface area (Å²) in [6.07, 6.45) is 3.48. The smallest absolute Gasteiger partial charge is 0.237 e. The zero-order chi connectivity index (χ0) is 16.9. The molecule has 0 aromatic heterocycles. The lowest BCUT2D eigenvalue weighted by Gasteiger charge is -2.36. The monoisotopic (exact) mass is 311 g/mol. The van der Waals surface area contributed by atoms with Gasteiger partial charge in [-0.05, 0) is 46.1 Å². The second-order valence-electron chi connectivity index (χ2n) is 7.20. The Balaban J connectivity index is 2.48. The van der Waals surface area contributed by atoms with Crippen molar-refractivity contribution in [3.63, 3.8) is 0 Å². The predicted molar refractivity (Wildman–Crippen MR) is 89.5 cm³/mol. The summed E-state index contributed by atoms with van der Waals surface area (Å²) in [6.45, 7) is 10.4. The van der Waals surface area contributed by atoms with Crippen molar-refractivity contribution in [1.29, 1.82) is 0 Å². The first kappa shape index (κ1) is 18.9.